The normalized spacial score (nSPS) is 11.8. The van der Waals surface area contributed by atoms with E-state index >= 15 is 0 Å². The van der Waals surface area contributed by atoms with Crippen molar-refractivity contribution < 1.29 is 18.0 Å². The van der Waals surface area contributed by atoms with E-state index < -0.39 is 28.8 Å². The number of H-pyrrole nitrogens is 1. The third-order valence-corrected chi connectivity index (χ3v) is 4.39. The number of aromatic nitrogens is 5. The van der Waals surface area contributed by atoms with Crippen LogP contribution < -0.4 is 5.32 Å². The van der Waals surface area contributed by atoms with Gasteiger partial charge in [-0.15, -0.1) is 0 Å². The predicted molar refractivity (Wildman–Crippen MR) is 105 cm³/mol. The molecule has 0 atom stereocenters. The standard InChI is InChI=1S/C20H17F3N6O/c1-20(2,23)10-29-16-6-14(24-7-11(16)8-26-29)18-15(9-25-28-18)27-19(30)17-12(21)4-3-5-13(17)22/h3-9H,10H2,1-2H3,(H,25,28)(H,27,30). The van der Waals surface area contributed by atoms with Crippen molar-refractivity contribution in [2.24, 2.45) is 0 Å². The number of halogens is 3. The highest BCUT2D eigenvalue weighted by molar-refractivity contribution is 6.06. The second kappa shape index (κ2) is 7.29. The number of fused-ring (bicyclic) bond motifs is 1. The number of nitrogens with one attached hydrogen (secondary N) is 2. The van der Waals surface area contributed by atoms with Gasteiger partial charge >= 0.3 is 0 Å². The van der Waals surface area contributed by atoms with Gasteiger partial charge < -0.3 is 5.32 Å². The molecule has 0 radical (unpaired) electrons. The fourth-order valence-electron chi connectivity index (χ4n) is 3.07. The van der Waals surface area contributed by atoms with Crippen LogP contribution in [0.25, 0.3) is 22.3 Å². The van der Waals surface area contributed by atoms with Crippen LogP contribution >= 0.6 is 0 Å². The minimum absolute atomic E-state index is 0.0408. The molecule has 0 aliphatic carbocycles. The summed E-state index contributed by atoms with van der Waals surface area (Å²) in [6.45, 7) is 2.94. The topological polar surface area (TPSA) is 88.5 Å². The number of pyridine rings is 1. The van der Waals surface area contributed by atoms with Crippen molar-refractivity contribution >= 4 is 22.5 Å². The molecular weight excluding hydrogens is 397 g/mol. The Morgan fingerprint density at radius 3 is 2.63 bits per heavy atom. The summed E-state index contributed by atoms with van der Waals surface area (Å²) in [5, 5.41) is 14.0. The average molecular weight is 414 g/mol. The van der Waals surface area contributed by atoms with Crippen LogP contribution in [0.2, 0.25) is 0 Å². The number of aromatic amines is 1. The first-order valence-electron chi connectivity index (χ1n) is 9.02. The van der Waals surface area contributed by atoms with Crippen LogP contribution in [0.1, 0.15) is 24.2 Å². The number of rotatable bonds is 5. The fraction of sp³-hybridized carbons (Fsp3) is 0.200. The lowest BCUT2D eigenvalue weighted by Gasteiger charge is -2.14. The van der Waals surface area contributed by atoms with Crippen molar-refractivity contribution in [1.29, 1.82) is 0 Å². The van der Waals surface area contributed by atoms with Crippen LogP contribution in [0.5, 0.6) is 0 Å². The van der Waals surface area contributed by atoms with Crippen molar-refractivity contribution in [3.63, 3.8) is 0 Å². The van der Waals surface area contributed by atoms with E-state index in [4.69, 9.17) is 0 Å². The summed E-state index contributed by atoms with van der Waals surface area (Å²) < 4.78 is 43.4. The number of carbonyl (C=O) groups excluding carboxylic acids is 1. The first-order valence-corrected chi connectivity index (χ1v) is 9.02. The van der Waals surface area contributed by atoms with Crippen LogP contribution in [0.3, 0.4) is 0 Å². The highest BCUT2D eigenvalue weighted by Crippen LogP contribution is 2.28. The van der Waals surface area contributed by atoms with E-state index in [0.717, 1.165) is 12.1 Å². The smallest absolute Gasteiger partial charge is 0.261 e. The minimum atomic E-state index is -1.47. The summed E-state index contributed by atoms with van der Waals surface area (Å²) >= 11 is 0. The zero-order valence-corrected chi connectivity index (χ0v) is 16.1. The van der Waals surface area contributed by atoms with E-state index in [1.54, 1.807) is 18.5 Å². The monoisotopic (exact) mass is 414 g/mol. The molecule has 2 N–H and O–H groups in total. The van der Waals surface area contributed by atoms with Crippen LogP contribution in [-0.2, 0) is 6.54 Å². The molecule has 0 bridgehead atoms. The number of hydrogen-bond acceptors (Lipinski definition) is 4. The third-order valence-electron chi connectivity index (χ3n) is 4.39. The molecule has 4 rings (SSSR count). The Labute approximate surface area is 168 Å². The van der Waals surface area contributed by atoms with E-state index in [2.05, 4.69) is 25.6 Å². The molecule has 30 heavy (non-hydrogen) atoms. The molecule has 0 aliphatic rings. The Hall–Kier alpha value is -3.69. The second-order valence-corrected chi connectivity index (χ2v) is 7.36. The molecule has 0 unspecified atom stereocenters. The number of anilines is 1. The van der Waals surface area contributed by atoms with Gasteiger partial charge in [0.05, 0.1) is 35.8 Å². The third kappa shape index (κ3) is 3.76. The molecular formula is C20H17F3N6O. The summed E-state index contributed by atoms with van der Waals surface area (Å²) in [6.07, 6.45) is 4.44. The summed E-state index contributed by atoms with van der Waals surface area (Å²) in [4.78, 5) is 16.7. The Morgan fingerprint density at radius 2 is 1.93 bits per heavy atom. The Balaban J connectivity index is 1.68. The molecule has 0 fully saturated rings. The van der Waals surface area contributed by atoms with Gasteiger partial charge in [-0.05, 0) is 32.0 Å². The molecule has 1 aromatic carbocycles. The largest absolute Gasteiger partial charge is 0.319 e. The first-order chi connectivity index (χ1) is 14.2. The number of carbonyl (C=O) groups is 1. The molecule has 0 spiro atoms. The van der Waals surface area contributed by atoms with Gasteiger partial charge in [-0.1, -0.05) is 6.07 Å². The van der Waals surface area contributed by atoms with Crippen molar-refractivity contribution in [3.05, 3.63) is 60.1 Å². The minimum Gasteiger partial charge on any atom is -0.319 e. The van der Waals surface area contributed by atoms with Crippen LogP contribution in [0.15, 0.2) is 42.9 Å². The van der Waals surface area contributed by atoms with Gasteiger partial charge in [-0.2, -0.15) is 10.2 Å². The van der Waals surface area contributed by atoms with Crippen molar-refractivity contribution in [3.8, 4) is 11.4 Å². The number of benzene rings is 1. The lowest BCUT2D eigenvalue weighted by molar-refractivity contribution is 0.101. The summed E-state index contributed by atoms with van der Waals surface area (Å²) in [5.74, 6) is -2.91. The van der Waals surface area contributed by atoms with E-state index in [1.807, 2.05) is 0 Å². The second-order valence-electron chi connectivity index (χ2n) is 7.36. The molecule has 3 aromatic heterocycles. The molecule has 7 nitrogen and oxygen atoms in total. The van der Waals surface area contributed by atoms with Gasteiger partial charge in [-0.3, -0.25) is 19.6 Å². The van der Waals surface area contributed by atoms with Crippen LogP contribution in [0, 0.1) is 11.6 Å². The Bertz CT molecular complexity index is 1220. The van der Waals surface area contributed by atoms with Crippen LogP contribution in [-0.4, -0.2) is 36.5 Å². The summed E-state index contributed by atoms with van der Waals surface area (Å²) in [6, 6.07) is 4.83. The molecule has 3 heterocycles. The van der Waals surface area contributed by atoms with Gasteiger partial charge in [0, 0.05) is 11.6 Å². The number of amides is 1. The van der Waals surface area contributed by atoms with E-state index in [-0.39, 0.29) is 12.2 Å². The first kappa shape index (κ1) is 19.6. The lowest BCUT2D eigenvalue weighted by Crippen LogP contribution is -2.21. The molecule has 154 valence electrons. The van der Waals surface area contributed by atoms with E-state index in [0.29, 0.717) is 22.3 Å². The van der Waals surface area contributed by atoms with Gasteiger partial charge in [0.15, 0.2) is 0 Å². The summed E-state index contributed by atoms with van der Waals surface area (Å²) in [5.41, 5.74) is -0.628. The summed E-state index contributed by atoms with van der Waals surface area (Å²) in [7, 11) is 0. The fourth-order valence-corrected chi connectivity index (χ4v) is 3.07. The highest BCUT2D eigenvalue weighted by atomic mass is 19.1. The molecule has 0 saturated heterocycles. The van der Waals surface area contributed by atoms with Crippen molar-refractivity contribution in [2.75, 3.05) is 5.32 Å². The van der Waals surface area contributed by atoms with Gasteiger partial charge in [0.2, 0.25) is 0 Å². The number of nitrogens with zero attached hydrogens (tertiary/aromatic N) is 4. The quantitative estimate of drug-likeness (QED) is 0.515. The number of alkyl halides is 1. The maximum Gasteiger partial charge on any atom is 0.261 e. The Morgan fingerprint density at radius 1 is 1.20 bits per heavy atom. The lowest BCUT2D eigenvalue weighted by atomic mass is 10.1. The predicted octanol–water partition coefficient (Wildman–Crippen LogP) is 4.10. The van der Waals surface area contributed by atoms with Crippen molar-refractivity contribution in [2.45, 2.75) is 26.1 Å². The van der Waals surface area contributed by atoms with E-state index in [1.165, 1.54) is 30.8 Å². The van der Waals surface area contributed by atoms with Gasteiger partial charge in [-0.25, -0.2) is 13.2 Å². The Kier molecular flexibility index (Phi) is 4.76. The maximum atomic E-state index is 14.1. The van der Waals surface area contributed by atoms with Crippen molar-refractivity contribution in [1.82, 2.24) is 25.0 Å². The zero-order valence-electron chi connectivity index (χ0n) is 16.1. The molecule has 0 aliphatic heterocycles. The molecule has 10 heteroatoms. The van der Waals surface area contributed by atoms with Gasteiger partial charge in [0.1, 0.15) is 28.6 Å². The number of hydrogen-bond donors (Lipinski definition) is 2. The highest BCUT2D eigenvalue weighted by Gasteiger charge is 2.21. The van der Waals surface area contributed by atoms with E-state index in [9.17, 15) is 18.0 Å². The molecule has 0 saturated carbocycles. The molecule has 1 amide bonds. The molecule has 4 aromatic rings. The van der Waals surface area contributed by atoms with Gasteiger partial charge in [0.25, 0.3) is 5.91 Å². The SMILES string of the molecule is CC(C)(F)Cn1ncc2cnc(-c3[nH]ncc3NC(=O)c3c(F)cccc3F)cc21. The average Bonchev–Trinajstić information content (AvgIpc) is 3.27. The van der Waals surface area contributed by atoms with Crippen LogP contribution in [0.4, 0.5) is 18.9 Å². The maximum absolute atomic E-state index is 14.1. The zero-order chi connectivity index (χ0) is 21.5.